The molecule has 6 rings (SSSR count). The number of hydrogen-bond donors (Lipinski definition) is 3. The van der Waals surface area contributed by atoms with Crippen LogP contribution >= 0.6 is 0 Å². The molecule has 1 fully saturated rings. The molecule has 4 aromatic rings. The molecular formula is C26H26N4O2. The van der Waals surface area contributed by atoms with Gasteiger partial charge in [-0.05, 0) is 29.2 Å². The Morgan fingerprint density at radius 3 is 2.50 bits per heavy atom. The van der Waals surface area contributed by atoms with Crippen LogP contribution in [0.2, 0.25) is 0 Å². The first-order valence-electron chi connectivity index (χ1n) is 11.3. The van der Waals surface area contributed by atoms with Gasteiger partial charge in [0.15, 0.2) is 0 Å². The van der Waals surface area contributed by atoms with Gasteiger partial charge in [-0.1, -0.05) is 50.2 Å². The van der Waals surface area contributed by atoms with Crippen molar-refractivity contribution in [1.82, 2.24) is 20.2 Å². The maximum Gasteiger partial charge on any atom is 0.246 e. The highest BCUT2D eigenvalue weighted by Gasteiger charge is 2.49. The second kappa shape index (κ2) is 6.99. The molecule has 0 spiro atoms. The van der Waals surface area contributed by atoms with E-state index >= 15 is 0 Å². The number of nitrogens with zero attached hydrogens (tertiary/aromatic N) is 1. The molecule has 0 radical (unpaired) electrons. The van der Waals surface area contributed by atoms with E-state index in [1.165, 1.54) is 5.56 Å². The second-order valence-corrected chi connectivity index (χ2v) is 9.34. The quantitative estimate of drug-likeness (QED) is 0.465. The monoisotopic (exact) mass is 426 g/mol. The first kappa shape index (κ1) is 19.2. The topological polar surface area (TPSA) is 81.0 Å². The summed E-state index contributed by atoms with van der Waals surface area (Å²) in [5.41, 5.74) is 5.38. The van der Waals surface area contributed by atoms with Gasteiger partial charge in [0.05, 0.1) is 6.04 Å². The molecule has 0 bridgehead atoms. The lowest BCUT2D eigenvalue weighted by Crippen LogP contribution is -2.66. The van der Waals surface area contributed by atoms with E-state index in [9.17, 15) is 9.59 Å². The summed E-state index contributed by atoms with van der Waals surface area (Å²) in [6.45, 7) is 4.24. The highest BCUT2D eigenvalue weighted by atomic mass is 16.2. The van der Waals surface area contributed by atoms with Crippen molar-refractivity contribution in [2.75, 3.05) is 0 Å². The van der Waals surface area contributed by atoms with Gasteiger partial charge in [0, 0.05) is 46.5 Å². The van der Waals surface area contributed by atoms with Crippen LogP contribution in [0.3, 0.4) is 0 Å². The lowest BCUT2D eigenvalue weighted by Gasteiger charge is -2.47. The fourth-order valence-corrected chi connectivity index (χ4v) is 5.65. The Morgan fingerprint density at radius 1 is 1.00 bits per heavy atom. The SMILES string of the molecule is CC(C)C1c2[nH]c3ccccc3c2C[C@H]2C(=O)NC(Cc3c[nH]c4ccccc34)C(=O)N12. The van der Waals surface area contributed by atoms with Crippen molar-refractivity contribution in [1.29, 1.82) is 0 Å². The Bertz CT molecular complexity index is 1360. The van der Waals surface area contributed by atoms with Crippen molar-refractivity contribution in [2.24, 2.45) is 5.92 Å². The summed E-state index contributed by atoms with van der Waals surface area (Å²) in [4.78, 5) is 35.8. The molecule has 4 heterocycles. The number of piperazine rings is 1. The van der Waals surface area contributed by atoms with Crippen LogP contribution in [-0.2, 0) is 22.4 Å². The summed E-state index contributed by atoms with van der Waals surface area (Å²) in [6.07, 6.45) is 2.96. The van der Waals surface area contributed by atoms with E-state index in [0.29, 0.717) is 12.8 Å². The van der Waals surface area contributed by atoms with Gasteiger partial charge in [-0.3, -0.25) is 9.59 Å². The highest BCUT2D eigenvalue weighted by Crippen LogP contribution is 2.42. The minimum Gasteiger partial charge on any atom is -0.361 e. The van der Waals surface area contributed by atoms with E-state index in [0.717, 1.165) is 33.1 Å². The van der Waals surface area contributed by atoms with Gasteiger partial charge in [-0.15, -0.1) is 0 Å². The molecule has 32 heavy (non-hydrogen) atoms. The number of fused-ring (bicyclic) bond motifs is 5. The summed E-state index contributed by atoms with van der Waals surface area (Å²) in [7, 11) is 0. The predicted octanol–water partition coefficient (Wildman–Crippen LogP) is 3.84. The number of H-pyrrole nitrogens is 2. The van der Waals surface area contributed by atoms with E-state index in [1.807, 2.05) is 47.5 Å². The number of nitrogens with one attached hydrogen (secondary N) is 3. The molecule has 162 valence electrons. The Hall–Kier alpha value is -3.54. The summed E-state index contributed by atoms with van der Waals surface area (Å²) < 4.78 is 0. The van der Waals surface area contributed by atoms with E-state index in [-0.39, 0.29) is 23.8 Å². The molecule has 6 heteroatoms. The minimum atomic E-state index is -0.565. The van der Waals surface area contributed by atoms with Crippen LogP contribution in [0.15, 0.2) is 54.7 Å². The zero-order valence-electron chi connectivity index (χ0n) is 18.2. The maximum atomic E-state index is 13.8. The lowest BCUT2D eigenvalue weighted by atomic mass is 9.83. The van der Waals surface area contributed by atoms with Gasteiger partial charge in [0.1, 0.15) is 12.1 Å². The van der Waals surface area contributed by atoms with E-state index < -0.39 is 12.1 Å². The van der Waals surface area contributed by atoms with Crippen LogP contribution in [0.4, 0.5) is 0 Å². The predicted molar refractivity (Wildman–Crippen MR) is 124 cm³/mol. The molecule has 2 unspecified atom stereocenters. The number of amides is 2. The highest BCUT2D eigenvalue weighted by molar-refractivity contribution is 5.99. The third-order valence-electron chi connectivity index (χ3n) is 7.08. The lowest BCUT2D eigenvalue weighted by molar-refractivity contribution is -0.154. The summed E-state index contributed by atoms with van der Waals surface area (Å²) in [5, 5.41) is 5.28. The number of aromatic nitrogens is 2. The number of para-hydroxylation sites is 2. The fourth-order valence-electron chi connectivity index (χ4n) is 5.65. The average Bonchev–Trinajstić information content (AvgIpc) is 3.37. The number of carbonyl (C=O) groups excluding carboxylic acids is 2. The van der Waals surface area contributed by atoms with Crippen LogP contribution in [0.25, 0.3) is 21.8 Å². The molecule has 2 aromatic carbocycles. The van der Waals surface area contributed by atoms with Crippen molar-refractivity contribution in [3.05, 3.63) is 71.5 Å². The molecule has 2 aliphatic rings. The molecule has 2 aliphatic heterocycles. The summed E-state index contributed by atoms with van der Waals surface area (Å²) in [6, 6.07) is 15.1. The standard InChI is InChI=1S/C26H26N4O2/c1-14(2)24-23-18(17-8-4-6-10-20(17)28-23)12-22-25(31)29-21(26(32)30(22)24)11-15-13-27-19-9-5-3-7-16(15)19/h3-10,13-14,21-22,24,27-28H,11-12H2,1-2H3,(H,29,31)/t21?,22-,24?/m0/s1. The third-order valence-corrected chi connectivity index (χ3v) is 7.08. The van der Waals surface area contributed by atoms with E-state index in [2.05, 4.69) is 41.3 Å². The summed E-state index contributed by atoms with van der Waals surface area (Å²) in [5.74, 6) is 0.118. The normalized spacial score (nSPS) is 23.0. The van der Waals surface area contributed by atoms with Crippen molar-refractivity contribution in [3.8, 4) is 0 Å². The minimum absolute atomic E-state index is 0.00267. The molecule has 2 aromatic heterocycles. The Balaban J connectivity index is 1.40. The molecule has 1 saturated heterocycles. The van der Waals surface area contributed by atoms with Crippen LogP contribution in [0.5, 0.6) is 0 Å². The largest absolute Gasteiger partial charge is 0.361 e. The zero-order valence-corrected chi connectivity index (χ0v) is 18.2. The summed E-state index contributed by atoms with van der Waals surface area (Å²) >= 11 is 0. The first-order chi connectivity index (χ1) is 15.5. The van der Waals surface area contributed by atoms with Crippen LogP contribution in [0.1, 0.15) is 36.7 Å². The average molecular weight is 427 g/mol. The fraction of sp³-hybridized carbons (Fsp3) is 0.308. The van der Waals surface area contributed by atoms with E-state index in [4.69, 9.17) is 0 Å². The van der Waals surface area contributed by atoms with Gasteiger partial charge in [-0.25, -0.2) is 0 Å². The van der Waals surface area contributed by atoms with Crippen molar-refractivity contribution in [3.63, 3.8) is 0 Å². The van der Waals surface area contributed by atoms with Crippen LogP contribution in [-0.4, -0.2) is 38.8 Å². The maximum absolute atomic E-state index is 13.8. The number of hydrogen-bond acceptors (Lipinski definition) is 2. The Labute approximate surface area is 186 Å². The van der Waals surface area contributed by atoms with Gasteiger partial charge >= 0.3 is 0 Å². The zero-order chi connectivity index (χ0) is 22.0. The Kier molecular flexibility index (Phi) is 4.18. The first-order valence-corrected chi connectivity index (χ1v) is 11.3. The number of benzene rings is 2. The van der Waals surface area contributed by atoms with Gasteiger partial charge in [0.25, 0.3) is 0 Å². The molecule has 3 N–H and O–H groups in total. The van der Waals surface area contributed by atoms with Crippen molar-refractivity contribution < 1.29 is 9.59 Å². The van der Waals surface area contributed by atoms with Gasteiger partial charge < -0.3 is 20.2 Å². The van der Waals surface area contributed by atoms with Gasteiger partial charge in [0.2, 0.25) is 11.8 Å². The Morgan fingerprint density at radius 2 is 1.72 bits per heavy atom. The van der Waals surface area contributed by atoms with Crippen molar-refractivity contribution in [2.45, 2.75) is 44.8 Å². The molecule has 2 amide bonds. The van der Waals surface area contributed by atoms with Crippen LogP contribution in [0, 0.1) is 5.92 Å². The molecule has 6 nitrogen and oxygen atoms in total. The number of aromatic amines is 2. The number of carbonyl (C=O) groups is 2. The second-order valence-electron chi connectivity index (χ2n) is 9.34. The number of rotatable bonds is 3. The van der Waals surface area contributed by atoms with E-state index in [1.54, 1.807) is 0 Å². The molecule has 0 saturated carbocycles. The van der Waals surface area contributed by atoms with Gasteiger partial charge in [-0.2, -0.15) is 0 Å². The van der Waals surface area contributed by atoms with Crippen molar-refractivity contribution >= 4 is 33.6 Å². The molecular weight excluding hydrogens is 400 g/mol. The molecule has 0 aliphatic carbocycles. The van der Waals surface area contributed by atoms with Crippen LogP contribution < -0.4 is 5.32 Å². The molecule has 3 atom stereocenters. The third kappa shape index (κ3) is 2.72. The smallest absolute Gasteiger partial charge is 0.246 e.